The van der Waals surface area contributed by atoms with Crippen LogP contribution >= 0.6 is 0 Å². The quantitative estimate of drug-likeness (QED) is 0.715. The molecule has 2 rings (SSSR count). The molecule has 0 radical (unpaired) electrons. The minimum Gasteiger partial charge on any atom is -0.305 e. The number of rotatable bonds is 3. The molecular weight excluding hydrogens is 242 g/mol. The van der Waals surface area contributed by atoms with Gasteiger partial charge in [0.15, 0.2) is 0 Å². The molecule has 0 spiro atoms. The van der Waals surface area contributed by atoms with E-state index < -0.39 is 0 Å². The van der Waals surface area contributed by atoms with Gasteiger partial charge in [0.25, 0.3) is 0 Å². The van der Waals surface area contributed by atoms with E-state index in [1.807, 2.05) is 33.8 Å². The number of benzene rings is 2. The third-order valence-corrected chi connectivity index (χ3v) is 2.56. The lowest BCUT2D eigenvalue weighted by Crippen LogP contribution is -2.10. The molecule has 2 aromatic carbocycles. The molecule has 110 valence electrons. The van der Waals surface area contributed by atoms with E-state index in [1.165, 1.54) is 16.7 Å². The second-order valence-corrected chi connectivity index (χ2v) is 4.30. The molecule has 0 aliphatic carbocycles. The maximum Gasteiger partial charge on any atom is 0.0227 e. The number of hydrogen-bond acceptors (Lipinski definition) is 1. The van der Waals surface area contributed by atoms with Gasteiger partial charge in [-0.05, 0) is 30.8 Å². The van der Waals surface area contributed by atoms with Gasteiger partial charge < -0.3 is 4.90 Å². The number of nitrogens with zero attached hydrogens (tertiary/aromatic N) is 1. The van der Waals surface area contributed by atoms with Crippen molar-refractivity contribution in [1.82, 2.24) is 4.90 Å². The summed E-state index contributed by atoms with van der Waals surface area (Å²) in [6.45, 7) is 9.00. The van der Waals surface area contributed by atoms with Crippen molar-refractivity contribution in [1.29, 1.82) is 0 Å². The summed E-state index contributed by atoms with van der Waals surface area (Å²) in [5.41, 5.74) is 3.91. The molecule has 1 heteroatoms. The Morgan fingerprint density at radius 2 is 1.10 bits per heavy atom. The van der Waals surface area contributed by atoms with Crippen molar-refractivity contribution in [2.75, 3.05) is 14.1 Å². The molecule has 0 aliphatic rings. The zero-order valence-electron chi connectivity index (χ0n) is 13.9. The van der Waals surface area contributed by atoms with Gasteiger partial charge in [0.1, 0.15) is 0 Å². The van der Waals surface area contributed by atoms with E-state index >= 15 is 0 Å². The highest BCUT2D eigenvalue weighted by Crippen LogP contribution is 2.19. The predicted molar refractivity (Wildman–Crippen MR) is 92.0 cm³/mol. The molecule has 0 atom stereocenters. The summed E-state index contributed by atoms with van der Waals surface area (Å²) in [5, 5.41) is 0. The third kappa shape index (κ3) is 6.53. The lowest BCUT2D eigenvalue weighted by Gasteiger charge is -2.10. The van der Waals surface area contributed by atoms with Crippen molar-refractivity contribution in [3.8, 4) is 11.1 Å². The fraction of sp³-hybridized carbons (Fsp3) is 0.368. The van der Waals surface area contributed by atoms with Crippen LogP contribution in [-0.2, 0) is 6.54 Å². The minimum absolute atomic E-state index is 0.995. The summed E-state index contributed by atoms with van der Waals surface area (Å²) in [5.74, 6) is 0. The van der Waals surface area contributed by atoms with E-state index in [0.717, 1.165) is 6.54 Å². The molecule has 0 bridgehead atoms. The third-order valence-electron chi connectivity index (χ3n) is 2.56. The molecule has 0 unspecified atom stereocenters. The van der Waals surface area contributed by atoms with Gasteiger partial charge in [0.2, 0.25) is 0 Å². The summed E-state index contributed by atoms with van der Waals surface area (Å²) in [6, 6.07) is 19.2. The summed E-state index contributed by atoms with van der Waals surface area (Å²) in [4.78, 5) is 2.18. The molecule has 0 saturated carbocycles. The highest BCUT2D eigenvalue weighted by molar-refractivity contribution is 5.63. The Morgan fingerprint density at radius 3 is 1.55 bits per heavy atom. The van der Waals surface area contributed by atoms with Crippen molar-refractivity contribution in [3.63, 3.8) is 0 Å². The van der Waals surface area contributed by atoms with E-state index in [2.05, 4.69) is 67.5 Å². The van der Waals surface area contributed by atoms with Crippen LogP contribution in [0.4, 0.5) is 0 Å². The van der Waals surface area contributed by atoms with Crippen molar-refractivity contribution < 1.29 is 0 Å². The first-order valence-corrected chi connectivity index (χ1v) is 7.55. The van der Waals surface area contributed by atoms with Crippen molar-refractivity contribution in [2.24, 2.45) is 0 Å². The Labute approximate surface area is 125 Å². The SMILES string of the molecule is CC.CC.CN(C)Cc1ccc(-c2ccccc2)cc1. The van der Waals surface area contributed by atoms with Crippen LogP contribution in [0.25, 0.3) is 11.1 Å². The molecule has 0 aliphatic heterocycles. The van der Waals surface area contributed by atoms with Gasteiger partial charge >= 0.3 is 0 Å². The van der Waals surface area contributed by atoms with Crippen LogP contribution in [0, 0.1) is 0 Å². The maximum absolute atomic E-state index is 2.20. The maximum atomic E-state index is 2.20. The van der Waals surface area contributed by atoms with E-state index in [-0.39, 0.29) is 0 Å². The van der Waals surface area contributed by atoms with Crippen LogP contribution in [0.3, 0.4) is 0 Å². The van der Waals surface area contributed by atoms with E-state index in [9.17, 15) is 0 Å². The zero-order chi connectivity index (χ0) is 15.4. The van der Waals surface area contributed by atoms with Gasteiger partial charge in [-0.3, -0.25) is 0 Å². The first-order valence-electron chi connectivity index (χ1n) is 7.55. The molecule has 0 heterocycles. The summed E-state index contributed by atoms with van der Waals surface area (Å²) in [6.07, 6.45) is 0. The first-order chi connectivity index (χ1) is 9.75. The Balaban J connectivity index is 0.000000829. The molecule has 1 nitrogen and oxygen atoms in total. The van der Waals surface area contributed by atoms with Gasteiger partial charge in [-0.25, -0.2) is 0 Å². The summed E-state index contributed by atoms with van der Waals surface area (Å²) in [7, 11) is 4.18. The normalized spacial score (nSPS) is 9.15. The molecule has 0 N–H and O–H groups in total. The second kappa shape index (κ2) is 11.2. The highest BCUT2D eigenvalue weighted by atomic mass is 15.0. The predicted octanol–water partition coefficient (Wildman–Crippen LogP) is 5.47. The van der Waals surface area contributed by atoms with Crippen molar-refractivity contribution in [3.05, 3.63) is 60.2 Å². The average Bonchev–Trinajstić information content (AvgIpc) is 2.52. The van der Waals surface area contributed by atoms with Gasteiger partial charge in [0.05, 0.1) is 0 Å². The largest absolute Gasteiger partial charge is 0.305 e. The first kappa shape index (κ1) is 18.4. The minimum atomic E-state index is 0.995. The molecule has 0 fully saturated rings. The molecule has 0 aromatic heterocycles. The van der Waals surface area contributed by atoms with Gasteiger partial charge in [-0.2, -0.15) is 0 Å². The molecule has 0 amide bonds. The molecular formula is C19H29N. The number of hydrogen-bond donors (Lipinski definition) is 0. The van der Waals surface area contributed by atoms with Gasteiger partial charge in [0, 0.05) is 6.54 Å². The fourth-order valence-electron chi connectivity index (χ4n) is 1.80. The van der Waals surface area contributed by atoms with Crippen molar-refractivity contribution in [2.45, 2.75) is 34.2 Å². The monoisotopic (exact) mass is 271 g/mol. The molecule has 0 saturated heterocycles. The highest BCUT2D eigenvalue weighted by Gasteiger charge is 1.98. The van der Waals surface area contributed by atoms with Gasteiger partial charge in [-0.1, -0.05) is 82.3 Å². The topological polar surface area (TPSA) is 3.24 Å². The zero-order valence-corrected chi connectivity index (χ0v) is 13.9. The Bertz CT molecular complexity index is 429. The van der Waals surface area contributed by atoms with Crippen LogP contribution in [-0.4, -0.2) is 19.0 Å². The van der Waals surface area contributed by atoms with E-state index in [1.54, 1.807) is 0 Å². The smallest absolute Gasteiger partial charge is 0.0227 e. The standard InChI is InChI=1S/C15H17N.2C2H6/c1-16(2)12-13-8-10-15(11-9-13)14-6-4-3-5-7-14;2*1-2/h3-11H,12H2,1-2H3;2*1-2H3. The summed E-state index contributed by atoms with van der Waals surface area (Å²) < 4.78 is 0. The Kier molecular flexibility index (Phi) is 10.3. The van der Waals surface area contributed by atoms with Crippen molar-refractivity contribution >= 4 is 0 Å². The Hall–Kier alpha value is -1.60. The van der Waals surface area contributed by atoms with E-state index in [0.29, 0.717) is 0 Å². The summed E-state index contributed by atoms with van der Waals surface area (Å²) >= 11 is 0. The average molecular weight is 271 g/mol. The van der Waals surface area contributed by atoms with Crippen LogP contribution in [0.15, 0.2) is 54.6 Å². The lowest BCUT2D eigenvalue weighted by atomic mass is 10.0. The Morgan fingerprint density at radius 1 is 0.650 bits per heavy atom. The van der Waals surface area contributed by atoms with Crippen LogP contribution in [0.2, 0.25) is 0 Å². The van der Waals surface area contributed by atoms with Crippen LogP contribution in [0.5, 0.6) is 0 Å². The molecule has 2 aromatic rings. The fourth-order valence-corrected chi connectivity index (χ4v) is 1.80. The van der Waals surface area contributed by atoms with Crippen LogP contribution < -0.4 is 0 Å². The van der Waals surface area contributed by atoms with E-state index in [4.69, 9.17) is 0 Å². The van der Waals surface area contributed by atoms with Gasteiger partial charge in [-0.15, -0.1) is 0 Å². The second-order valence-electron chi connectivity index (χ2n) is 4.30. The van der Waals surface area contributed by atoms with Crippen LogP contribution in [0.1, 0.15) is 33.3 Å². The molecule has 20 heavy (non-hydrogen) atoms. The lowest BCUT2D eigenvalue weighted by molar-refractivity contribution is 0.402.